The summed E-state index contributed by atoms with van der Waals surface area (Å²) in [6, 6.07) is 15.7. The molecule has 2 heterocycles. The summed E-state index contributed by atoms with van der Waals surface area (Å²) in [4.78, 5) is 10.6. The van der Waals surface area contributed by atoms with Crippen LogP contribution in [0.1, 0.15) is 31.2 Å². The lowest BCUT2D eigenvalue weighted by Gasteiger charge is -2.15. The molecule has 26 heavy (non-hydrogen) atoms. The highest BCUT2D eigenvalue weighted by atomic mass is 32.2. The highest BCUT2D eigenvalue weighted by molar-refractivity contribution is 7.91. The van der Waals surface area contributed by atoms with E-state index in [1.807, 2.05) is 13.0 Å². The van der Waals surface area contributed by atoms with Gasteiger partial charge < -0.3 is 9.88 Å². The zero-order valence-electron chi connectivity index (χ0n) is 14.9. The van der Waals surface area contributed by atoms with Gasteiger partial charge in [0.1, 0.15) is 0 Å². The summed E-state index contributed by atoms with van der Waals surface area (Å²) in [5, 5.41) is 0. The Bertz CT molecular complexity index is 1010. The van der Waals surface area contributed by atoms with Crippen LogP contribution in [-0.4, -0.2) is 37.2 Å². The molecule has 1 N–H and O–H groups in total. The van der Waals surface area contributed by atoms with Crippen LogP contribution in [-0.2, 0) is 9.84 Å². The minimum Gasteiger partial charge on any atom is -0.342 e. The second-order valence-corrected chi connectivity index (χ2v) is 9.01. The molecule has 1 atom stereocenters. The molecule has 5 nitrogen and oxygen atoms in total. The zero-order chi connectivity index (χ0) is 18.1. The quantitative estimate of drug-likeness (QED) is 0.744. The minimum absolute atomic E-state index is 0.171. The fraction of sp³-hybridized carbons (Fsp3) is 0.350. The number of aromatic nitrogens is 2. The van der Waals surface area contributed by atoms with Gasteiger partial charge in [-0.15, -0.1) is 0 Å². The van der Waals surface area contributed by atoms with E-state index < -0.39 is 9.84 Å². The van der Waals surface area contributed by atoms with Gasteiger partial charge in [0.2, 0.25) is 5.95 Å². The van der Waals surface area contributed by atoms with Crippen LogP contribution in [0, 0.1) is 0 Å². The molecule has 1 saturated heterocycles. The zero-order valence-corrected chi connectivity index (χ0v) is 15.7. The molecule has 1 fully saturated rings. The van der Waals surface area contributed by atoms with Crippen molar-refractivity contribution in [1.29, 1.82) is 0 Å². The van der Waals surface area contributed by atoms with Gasteiger partial charge in [0, 0.05) is 19.0 Å². The van der Waals surface area contributed by atoms with Crippen LogP contribution in [0.25, 0.3) is 11.0 Å². The van der Waals surface area contributed by atoms with Crippen molar-refractivity contribution >= 4 is 26.8 Å². The third-order valence-corrected chi connectivity index (χ3v) is 6.95. The summed E-state index contributed by atoms with van der Waals surface area (Å²) in [6.07, 6.45) is 1.71. The number of anilines is 1. The standard InChI is InChI=1S/C20H23N3O2S/c1-2-12-26(24,25)17-8-9-18-19(13-17)22-20(21-18)23-11-10-16(14-23)15-6-4-3-5-7-15/h3-9,13,16H,2,10-12,14H2,1H3,(H,21,22). The second kappa shape index (κ2) is 6.76. The number of benzene rings is 2. The highest BCUT2D eigenvalue weighted by Crippen LogP contribution is 2.30. The smallest absolute Gasteiger partial charge is 0.203 e. The number of aromatic amines is 1. The Kier molecular flexibility index (Phi) is 4.44. The molecule has 0 spiro atoms. The van der Waals surface area contributed by atoms with Gasteiger partial charge in [0.25, 0.3) is 0 Å². The fourth-order valence-electron chi connectivity index (χ4n) is 3.65. The van der Waals surface area contributed by atoms with E-state index in [1.54, 1.807) is 18.2 Å². The largest absolute Gasteiger partial charge is 0.342 e. The van der Waals surface area contributed by atoms with Crippen LogP contribution in [0.2, 0.25) is 0 Å². The molecule has 6 heteroatoms. The Hall–Kier alpha value is -2.34. The predicted octanol–water partition coefficient (Wildman–Crippen LogP) is 3.74. The van der Waals surface area contributed by atoms with Crippen molar-refractivity contribution in [3.8, 4) is 0 Å². The molecule has 1 aliphatic heterocycles. The maximum Gasteiger partial charge on any atom is 0.203 e. The monoisotopic (exact) mass is 369 g/mol. The lowest BCUT2D eigenvalue weighted by molar-refractivity contribution is 0.595. The van der Waals surface area contributed by atoms with Crippen molar-refractivity contribution in [3.05, 3.63) is 54.1 Å². The normalized spacial score (nSPS) is 17.9. The van der Waals surface area contributed by atoms with Crippen molar-refractivity contribution in [3.63, 3.8) is 0 Å². The first-order valence-electron chi connectivity index (χ1n) is 9.09. The van der Waals surface area contributed by atoms with Crippen molar-refractivity contribution in [2.45, 2.75) is 30.6 Å². The summed E-state index contributed by atoms with van der Waals surface area (Å²) < 4.78 is 24.6. The molecular formula is C20H23N3O2S. The molecule has 3 aromatic rings. The molecule has 0 bridgehead atoms. The minimum atomic E-state index is -3.22. The Morgan fingerprint density at radius 3 is 2.77 bits per heavy atom. The van der Waals surface area contributed by atoms with Gasteiger partial charge in [0.15, 0.2) is 9.84 Å². The maximum atomic E-state index is 12.3. The number of nitrogens with one attached hydrogen (secondary N) is 1. The molecule has 136 valence electrons. The fourth-order valence-corrected chi connectivity index (χ4v) is 5.00. The number of hydrogen-bond donors (Lipinski definition) is 1. The Balaban J connectivity index is 1.58. The van der Waals surface area contributed by atoms with E-state index in [1.165, 1.54) is 5.56 Å². The molecule has 0 radical (unpaired) electrons. The van der Waals surface area contributed by atoms with Crippen molar-refractivity contribution < 1.29 is 8.42 Å². The number of nitrogens with zero attached hydrogens (tertiary/aromatic N) is 2. The first-order chi connectivity index (χ1) is 12.6. The first-order valence-corrected chi connectivity index (χ1v) is 10.7. The number of fused-ring (bicyclic) bond motifs is 1. The Morgan fingerprint density at radius 2 is 2.00 bits per heavy atom. The van der Waals surface area contributed by atoms with Gasteiger partial charge in [-0.2, -0.15) is 0 Å². The lowest BCUT2D eigenvalue weighted by Crippen LogP contribution is -2.20. The van der Waals surface area contributed by atoms with Crippen molar-refractivity contribution in [2.24, 2.45) is 0 Å². The van der Waals surface area contributed by atoms with Gasteiger partial charge in [0.05, 0.1) is 21.7 Å². The third-order valence-electron chi connectivity index (χ3n) is 5.03. The topological polar surface area (TPSA) is 66.1 Å². The SMILES string of the molecule is CCCS(=O)(=O)c1ccc2nc(N3CCC(c4ccccc4)C3)[nH]c2c1. The van der Waals surface area contributed by atoms with Crippen LogP contribution in [0.5, 0.6) is 0 Å². The maximum absolute atomic E-state index is 12.3. The Morgan fingerprint density at radius 1 is 1.19 bits per heavy atom. The molecule has 2 aromatic carbocycles. The van der Waals surface area contributed by atoms with Crippen LogP contribution in [0.15, 0.2) is 53.4 Å². The number of imidazole rings is 1. The number of H-pyrrole nitrogens is 1. The van der Waals surface area contributed by atoms with Gasteiger partial charge in [-0.3, -0.25) is 0 Å². The van der Waals surface area contributed by atoms with E-state index in [-0.39, 0.29) is 5.75 Å². The number of sulfone groups is 1. The highest BCUT2D eigenvalue weighted by Gasteiger charge is 2.26. The van der Waals surface area contributed by atoms with Gasteiger partial charge in [-0.05, 0) is 36.6 Å². The van der Waals surface area contributed by atoms with E-state index in [4.69, 9.17) is 0 Å². The van der Waals surface area contributed by atoms with Crippen LogP contribution in [0.3, 0.4) is 0 Å². The van der Waals surface area contributed by atoms with Gasteiger partial charge >= 0.3 is 0 Å². The summed E-state index contributed by atoms with van der Waals surface area (Å²) in [5.74, 6) is 1.50. The average Bonchev–Trinajstić information content (AvgIpc) is 3.28. The molecular weight excluding hydrogens is 346 g/mol. The molecule has 1 aromatic heterocycles. The molecule has 0 amide bonds. The van der Waals surface area contributed by atoms with Gasteiger partial charge in [-0.25, -0.2) is 13.4 Å². The van der Waals surface area contributed by atoms with E-state index in [0.717, 1.165) is 36.5 Å². The lowest BCUT2D eigenvalue weighted by atomic mass is 9.99. The Labute approximate surface area is 154 Å². The van der Waals surface area contributed by atoms with E-state index in [2.05, 4.69) is 39.1 Å². The van der Waals surface area contributed by atoms with E-state index in [0.29, 0.717) is 17.2 Å². The van der Waals surface area contributed by atoms with E-state index >= 15 is 0 Å². The molecule has 4 rings (SSSR count). The van der Waals surface area contributed by atoms with E-state index in [9.17, 15) is 8.42 Å². The second-order valence-electron chi connectivity index (χ2n) is 6.90. The average molecular weight is 369 g/mol. The van der Waals surface area contributed by atoms with Crippen molar-refractivity contribution in [1.82, 2.24) is 9.97 Å². The summed E-state index contributed by atoms with van der Waals surface area (Å²) in [5.41, 5.74) is 2.94. The summed E-state index contributed by atoms with van der Waals surface area (Å²) in [6.45, 7) is 3.74. The summed E-state index contributed by atoms with van der Waals surface area (Å²) >= 11 is 0. The first kappa shape index (κ1) is 17.1. The third kappa shape index (κ3) is 3.21. The van der Waals surface area contributed by atoms with Crippen LogP contribution < -0.4 is 4.90 Å². The molecule has 0 saturated carbocycles. The molecule has 1 unspecified atom stereocenters. The predicted molar refractivity (Wildman–Crippen MR) is 104 cm³/mol. The summed E-state index contributed by atoms with van der Waals surface area (Å²) in [7, 11) is -3.22. The molecule has 1 aliphatic rings. The van der Waals surface area contributed by atoms with Crippen molar-refractivity contribution in [2.75, 3.05) is 23.7 Å². The molecule has 0 aliphatic carbocycles. The number of hydrogen-bond acceptors (Lipinski definition) is 4. The number of rotatable bonds is 5. The van der Waals surface area contributed by atoms with Crippen LogP contribution >= 0.6 is 0 Å². The van der Waals surface area contributed by atoms with Crippen LogP contribution in [0.4, 0.5) is 5.95 Å². The van der Waals surface area contributed by atoms with Gasteiger partial charge in [-0.1, -0.05) is 37.3 Å².